The van der Waals surface area contributed by atoms with Crippen molar-refractivity contribution in [1.29, 1.82) is 0 Å². The summed E-state index contributed by atoms with van der Waals surface area (Å²) in [5, 5.41) is 3.99. The van der Waals surface area contributed by atoms with Crippen LogP contribution in [0.4, 0.5) is 10.1 Å². The monoisotopic (exact) mass is 289 g/mol. The zero-order valence-corrected chi connectivity index (χ0v) is 10.9. The molecular weight excluding hydrogens is 277 g/mol. The van der Waals surface area contributed by atoms with Crippen LogP contribution in [0.5, 0.6) is 0 Å². The molecule has 1 fully saturated rings. The van der Waals surface area contributed by atoms with E-state index in [1.807, 2.05) is 11.8 Å². The van der Waals surface area contributed by atoms with E-state index in [2.05, 4.69) is 28.2 Å². The van der Waals surface area contributed by atoms with Crippen molar-refractivity contribution in [2.45, 2.75) is 24.6 Å². The lowest BCUT2D eigenvalue weighted by molar-refractivity contribution is 0.627. The van der Waals surface area contributed by atoms with Gasteiger partial charge in [-0.25, -0.2) is 4.39 Å². The van der Waals surface area contributed by atoms with Crippen LogP contribution in [0.1, 0.15) is 13.3 Å². The van der Waals surface area contributed by atoms with Gasteiger partial charge in [0, 0.05) is 15.8 Å². The molecule has 0 radical (unpaired) electrons. The second-order valence-electron chi connectivity index (χ2n) is 3.74. The first kappa shape index (κ1) is 11.3. The first-order valence-electron chi connectivity index (χ1n) is 5.00. The Morgan fingerprint density at radius 2 is 2.33 bits per heavy atom. The van der Waals surface area contributed by atoms with E-state index in [0.29, 0.717) is 11.3 Å². The highest BCUT2D eigenvalue weighted by atomic mass is 79.9. The van der Waals surface area contributed by atoms with Crippen molar-refractivity contribution < 1.29 is 4.39 Å². The van der Waals surface area contributed by atoms with Crippen LogP contribution in [-0.2, 0) is 0 Å². The Labute approximate surface area is 102 Å². The topological polar surface area (TPSA) is 12.0 Å². The molecule has 82 valence electrons. The number of thioether (sulfide) groups is 1. The molecule has 1 heterocycles. The lowest BCUT2D eigenvalue weighted by Gasteiger charge is -2.18. The molecule has 15 heavy (non-hydrogen) atoms. The summed E-state index contributed by atoms with van der Waals surface area (Å²) < 4.78 is 14.0. The molecule has 1 nitrogen and oxygen atoms in total. The van der Waals surface area contributed by atoms with Gasteiger partial charge in [0.05, 0.1) is 5.69 Å². The molecule has 0 amide bonds. The van der Waals surface area contributed by atoms with Crippen LogP contribution in [0.25, 0.3) is 0 Å². The van der Waals surface area contributed by atoms with Gasteiger partial charge < -0.3 is 5.32 Å². The highest BCUT2D eigenvalue weighted by Gasteiger charge is 2.24. The van der Waals surface area contributed by atoms with Crippen LogP contribution in [0.15, 0.2) is 22.7 Å². The number of anilines is 1. The third-order valence-electron chi connectivity index (χ3n) is 2.65. The third-order valence-corrected chi connectivity index (χ3v) is 4.66. The fraction of sp³-hybridized carbons (Fsp3) is 0.455. The van der Waals surface area contributed by atoms with E-state index in [0.717, 1.165) is 16.6 Å². The van der Waals surface area contributed by atoms with E-state index < -0.39 is 0 Å². The van der Waals surface area contributed by atoms with Crippen LogP contribution in [0, 0.1) is 5.82 Å². The van der Waals surface area contributed by atoms with E-state index in [-0.39, 0.29) is 5.82 Å². The fourth-order valence-corrected chi connectivity index (χ4v) is 3.29. The first-order valence-corrected chi connectivity index (χ1v) is 6.84. The molecule has 1 aliphatic rings. The van der Waals surface area contributed by atoms with Crippen LogP contribution in [0.3, 0.4) is 0 Å². The standard InChI is InChI=1S/C11H13BrFNS/c1-7-10(4-5-15-7)14-11-6-8(13)2-3-9(11)12/h2-3,6-7,10,14H,4-5H2,1H3. The summed E-state index contributed by atoms with van der Waals surface area (Å²) in [5.41, 5.74) is 0.856. The van der Waals surface area contributed by atoms with E-state index in [4.69, 9.17) is 0 Å². The molecular formula is C11H13BrFNS. The Morgan fingerprint density at radius 3 is 3.00 bits per heavy atom. The van der Waals surface area contributed by atoms with Crippen LogP contribution < -0.4 is 5.32 Å². The van der Waals surface area contributed by atoms with Gasteiger partial charge in [0.15, 0.2) is 0 Å². The maximum absolute atomic E-state index is 13.1. The van der Waals surface area contributed by atoms with E-state index in [9.17, 15) is 4.39 Å². The molecule has 0 aromatic heterocycles. The second kappa shape index (κ2) is 4.74. The zero-order valence-electron chi connectivity index (χ0n) is 8.47. The number of hydrogen-bond acceptors (Lipinski definition) is 2. The third kappa shape index (κ3) is 2.67. The van der Waals surface area contributed by atoms with Crippen molar-refractivity contribution in [3.63, 3.8) is 0 Å². The van der Waals surface area contributed by atoms with E-state index >= 15 is 0 Å². The summed E-state index contributed by atoms with van der Waals surface area (Å²) in [6, 6.07) is 5.19. The van der Waals surface area contributed by atoms with Gasteiger partial charge in [-0.2, -0.15) is 11.8 Å². The average molecular weight is 290 g/mol. The molecule has 1 aliphatic heterocycles. The van der Waals surface area contributed by atoms with Crippen molar-refractivity contribution in [2.75, 3.05) is 11.1 Å². The Hall–Kier alpha value is -0.220. The maximum Gasteiger partial charge on any atom is 0.125 e. The first-order chi connectivity index (χ1) is 7.16. The van der Waals surface area contributed by atoms with E-state index in [1.54, 1.807) is 12.1 Å². The van der Waals surface area contributed by atoms with E-state index in [1.165, 1.54) is 11.8 Å². The fourth-order valence-electron chi connectivity index (χ4n) is 1.73. The van der Waals surface area contributed by atoms with Gasteiger partial charge >= 0.3 is 0 Å². The maximum atomic E-state index is 13.1. The molecule has 0 spiro atoms. The minimum atomic E-state index is -0.195. The predicted molar refractivity (Wildman–Crippen MR) is 68.0 cm³/mol. The summed E-state index contributed by atoms with van der Waals surface area (Å²) in [6.07, 6.45) is 1.15. The molecule has 4 heteroatoms. The summed E-state index contributed by atoms with van der Waals surface area (Å²) in [5.74, 6) is 0.991. The molecule has 0 saturated carbocycles. The summed E-state index contributed by atoms with van der Waals surface area (Å²) in [4.78, 5) is 0. The summed E-state index contributed by atoms with van der Waals surface area (Å²) in [6.45, 7) is 2.21. The quantitative estimate of drug-likeness (QED) is 0.886. The number of halogens is 2. The van der Waals surface area contributed by atoms with Gasteiger partial charge in [-0.3, -0.25) is 0 Å². The minimum Gasteiger partial charge on any atom is -0.380 e. The number of nitrogens with one attached hydrogen (secondary N) is 1. The molecule has 1 aromatic rings. The SMILES string of the molecule is CC1SCCC1Nc1cc(F)ccc1Br. The highest BCUT2D eigenvalue weighted by molar-refractivity contribution is 9.10. The Morgan fingerprint density at radius 1 is 1.53 bits per heavy atom. The number of benzene rings is 1. The van der Waals surface area contributed by atoms with Crippen molar-refractivity contribution in [2.24, 2.45) is 0 Å². The lowest BCUT2D eigenvalue weighted by Crippen LogP contribution is -2.24. The smallest absolute Gasteiger partial charge is 0.125 e. The van der Waals surface area contributed by atoms with Gasteiger partial charge in [0.1, 0.15) is 5.82 Å². The largest absolute Gasteiger partial charge is 0.380 e. The predicted octanol–water partition coefficient (Wildman–Crippen LogP) is 3.89. The van der Waals surface area contributed by atoms with Crippen molar-refractivity contribution in [3.8, 4) is 0 Å². The molecule has 1 aromatic carbocycles. The molecule has 2 rings (SSSR count). The molecule has 0 bridgehead atoms. The van der Waals surface area contributed by atoms with Gasteiger partial charge in [-0.1, -0.05) is 6.92 Å². The van der Waals surface area contributed by atoms with Crippen molar-refractivity contribution >= 4 is 33.4 Å². The normalized spacial score (nSPS) is 25.5. The van der Waals surface area contributed by atoms with Crippen LogP contribution >= 0.6 is 27.7 Å². The molecule has 1 N–H and O–H groups in total. The Bertz CT molecular complexity index is 358. The van der Waals surface area contributed by atoms with Gasteiger partial charge in [-0.15, -0.1) is 0 Å². The van der Waals surface area contributed by atoms with Crippen LogP contribution in [-0.4, -0.2) is 17.0 Å². The zero-order chi connectivity index (χ0) is 10.8. The van der Waals surface area contributed by atoms with Crippen molar-refractivity contribution in [3.05, 3.63) is 28.5 Å². The number of rotatable bonds is 2. The molecule has 2 atom stereocenters. The Balaban J connectivity index is 2.12. The van der Waals surface area contributed by atoms with Crippen molar-refractivity contribution in [1.82, 2.24) is 0 Å². The van der Waals surface area contributed by atoms with Crippen LogP contribution in [0.2, 0.25) is 0 Å². The highest BCUT2D eigenvalue weighted by Crippen LogP contribution is 2.31. The van der Waals surface area contributed by atoms with Gasteiger partial charge in [0.25, 0.3) is 0 Å². The summed E-state index contributed by atoms with van der Waals surface area (Å²) in [7, 11) is 0. The molecule has 1 saturated heterocycles. The summed E-state index contributed by atoms with van der Waals surface area (Å²) >= 11 is 5.38. The average Bonchev–Trinajstić information content (AvgIpc) is 2.58. The van der Waals surface area contributed by atoms with Gasteiger partial charge in [-0.05, 0) is 46.3 Å². The Kier molecular flexibility index (Phi) is 3.57. The number of hydrogen-bond donors (Lipinski definition) is 1. The van der Waals surface area contributed by atoms with Gasteiger partial charge in [0.2, 0.25) is 0 Å². The molecule has 2 unspecified atom stereocenters. The minimum absolute atomic E-state index is 0.195. The second-order valence-corrected chi connectivity index (χ2v) is 6.08. The molecule has 0 aliphatic carbocycles. The lowest BCUT2D eigenvalue weighted by atomic mass is 10.1.